The van der Waals surface area contributed by atoms with Crippen LogP contribution in [0.25, 0.3) is 0 Å². The average Bonchev–Trinajstić information content (AvgIpc) is 2.30. The molecule has 0 radical (unpaired) electrons. The molecule has 7 nitrogen and oxygen atoms in total. The van der Waals surface area contributed by atoms with Crippen molar-refractivity contribution in [2.75, 3.05) is 18.6 Å². The number of carboxylic acid groups (broad SMARTS) is 1. The molecule has 0 aliphatic heterocycles. The molecule has 1 unspecified atom stereocenters. The Balaban J connectivity index is 4.39. The molecule has 4 N–H and O–H groups in total. The Morgan fingerprint density at radius 1 is 1.29 bits per heavy atom. The van der Waals surface area contributed by atoms with Crippen LogP contribution in [0.4, 0.5) is 0 Å². The number of hydrogen-bond acceptors (Lipinski definition) is 5. The number of carbonyl (C=O) groups excluding carboxylic acids is 1. The molecule has 0 fully saturated rings. The predicted molar refractivity (Wildman–Crippen MR) is 80.6 cm³/mol. The Morgan fingerprint density at radius 2 is 1.86 bits per heavy atom. The van der Waals surface area contributed by atoms with Crippen LogP contribution in [-0.2, 0) is 19.4 Å². The molecule has 8 heteroatoms. The number of hydrogen-bond donors (Lipinski definition) is 3. The average molecular weight is 322 g/mol. The fourth-order valence-corrected chi connectivity index (χ4v) is 2.49. The molecule has 0 aromatic heterocycles. The maximum atomic E-state index is 11.8. The summed E-state index contributed by atoms with van der Waals surface area (Å²) in [5, 5.41) is 11.4. The Hall–Kier alpha value is -1.15. The third kappa shape index (κ3) is 10.3. The Morgan fingerprint density at radius 3 is 2.29 bits per heavy atom. The van der Waals surface area contributed by atoms with Crippen molar-refractivity contribution >= 4 is 21.7 Å². The van der Waals surface area contributed by atoms with E-state index in [0.29, 0.717) is 13.0 Å². The van der Waals surface area contributed by atoms with Crippen molar-refractivity contribution in [1.29, 1.82) is 0 Å². The molecule has 0 saturated heterocycles. The summed E-state index contributed by atoms with van der Waals surface area (Å²) in [6.07, 6.45) is 2.45. The lowest BCUT2D eigenvalue weighted by atomic mass is 9.84. The zero-order valence-corrected chi connectivity index (χ0v) is 13.7. The summed E-state index contributed by atoms with van der Waals surface area (Å²) in [4.78, 5) is 22.8. The molecular weight excluding hydrogens is 296 g/mol. The van der Waals surface area contributed by atoms with Crippen molar-refractivity contribution < 1.29 is 23.1 Å². The number of carbonyl (C=O) groups is 2. The van der Waals surface area contributed by atoms with Crippen molar-refractivity contribution in [1.82, 2.24) is 5.32 Å². The monoisotopic (exact) mass is 322 g/mol. The highest BCUT2D eigenvalue weighted by molar-refractivity contribution is 7.90. The van der Waals surface area contributed by atoms with Crippen LogP contribution >= 0.6 is 0 Å². The maximum absolute atomic E-state index is 11.8. The van der Waals surface area contributed by atoms with E-state index < -0.39 is 21.8 Å². The van der Waals surface area contributed by atoms with Gasteiger partial charge in [0.15, 0.2) is 0 Å². The van der Waals surface area contributed by atoms with Crippen LogP contribution in [0.1, 0.15) is 39.5 Å². The van der Waals surface area contributed by atoms with E-state index in [2.05, 4.69) is 5.32 Å². The Kier molecular flexibility index (Phi) is 7.87. The molecule has 124 valence electrons. The van der Waals surface area contributed by atoms with E-state index in [1.807, 2.05) is 13.8 Å². The summed E-state index contributed by atoms with van der Waals surface area (Å²) < 4.78 is 22.1. The molecule has 0 heterocycles. The predicted octanol–water partition coefficient (Wildman–Crippen LogP) is 0.146. The Bertz CT molecular complexity index is 459. The minimum Gasteiger partial charge on any atom is -0.480 e. The quantitative estimate of drug-likeness (QED) is 0.525. The first-order chi connectivity index (χ1) is 9.47. The van der Waals surface area contributed by atoms with Gasteiger partial charge in [0, 0.05) is 12.7 Å². The van der Waals surface area contributed by atoms with Crippen LogP contribution in [-0.4, -0.2) is 50.0 Å². The van der Waals surface area contributed by atoms with Gasteiger partial charge in [0.1, 0.15) is 15.9 Å². The highest BCUT2D eigenvalue weighted by Gasteiger charge is 2.23. The first-order valence-electron chi connectivity index (χ1n) is 6.87. The summed E-state index contributed by atoms with van der Waals surface area (Å²) in [6.45, 7) is 4.51. The number of nitrogens with two attached hydrogens (primary N) is 1. The van der Waals surface area contributed by atoms with Crippen molar-refractivity contribution in [2.45, 2.75) is 45.6 Å². The van der Waals surface area contributed by atoms with Crippen LogP contribution in [0, 0.1) is 5.41 Å². The zero-order chi connectivity index (χ0) is 16.7. The van der Waals surface area contributed by atoms with Gasteiger partial charge in [-0.05, 0) is 31.2 Å². The summed E-state index contributed by atoms with van der Waals surface area (Å²) in [5.41, 5.74) is 5.40. The van der Waals surface area contributed by atoms with Gasteiger partial charge in [0.25, 0.3) is 0 Å². The lowest BCUT2D eigenvalue weighted by Gasteiger charge is -2.23. The molecule has 21 heavy (non-hydrogen) atoms. The minimum atomic E-state index is -3.26. The van der Waals surface area contributed by atoms with Gasteiger partial charge in [-0.1, -0.05) is 13.8 Å². The van der Waals surface area contributed by atoms with Crippen LogP contribution in [0.2, 0.25) is 0 Å². The van der Waals surface area contributed by atoms with Crippen LogP contribution in [0.5, 0.6) is 0 Å². The number of rotatable bonds is 10. The van der Waals surface area contributed by atoms with E-state index >= 15 is 0 Å². The summed E-state index contributed by atoms with van der Waals surface area (Å²) in [7, 11) is -3.26. The number of amides is 1. The molecule has 1 atom stereocenters. The number of sulfone groups is 1. The third-order valence-corrected chi connectivity index (χ3v) is 4.24. The number of carboxylic acids is 1. The van der Waals surface area contributed by atoms with Crippen molar-refractivity contribution in [3.05, 3.63) is 0 Å². The first kappa shape index (κ1) is 19.9. The largest absolute Gasteiger partial charge is 0.480 e. The third-order valence-electron chi connectivity index (χ3n) is 3.26. The molecule has 0 saturated carbocycles. The molecule has 0 aliphatic carbocycles. The lowest BCUT2D eigenvalue weighted by molar-refractivity contribution is -0.141. The van der Waals surface area contributed by atoms with Crippen molar-refractivity contribution in [3.63, 3.8) is 0 Å². The highest BCUT2D eigenvalue weighted by atomic mass is 32.2. The van der Waals surface area contributed by atoms with Gasteiger partial charge in [-0.3, -0.25) is 4.79 Å². The van der Waals surface area contributed by atoms with Gasteiger partial charge in [0.2, 0.25) is 5.91 Å². The molecule has 0 aromatic carbocycles. The number of nitrogens with one attached hydrogen (secondary N) is 1. The summed E-state index contributed by atoms with van der Waals surface area (Å²) in [5.74, 6) is -1.89. The fourth-order valence-electron chi connectivity index (χ4n) is 1.82. The van der Waals surface area contributed by atoms with Gasteiger partial charge >= 0.3 is 5.97 Å². The second-order valence-electron chi connectivity index (χ2n) is 6.08. The van der Waals surface area contributed by atoms with E-state index in [9.17, 15) is 18.0 Å². The molecular formula is C13H26N2O5S. The van der Waals surface area contributed by atoms with Crippen molar-refractivity contribution in [3.8, 4) is 0 Å². The fraction of sp³-hybridized carbons (Fsp3) is 0.846. The van der Waals surface area contributed by atoms with Gasteiger partial charge < -0.3 is 16.2 Å². The minimum absolute atomic E-state index is 0.0857. The van der Waals surface area contributed by atoms with E-state index in [1.54, 1.807) is 0 Å². The van der Waals surface area contributed by atoms with E-state index in [0.717, 1.165) is 12.7 Å². The second-order valence-corrected chi connectivity index (χ2v) is 8.34. The first-order valence-corrected chi connectivity index (χ1v) is 8.93. The van der Waals surface area contributed by atoms with Crippen LogP contribution < -0.4 is 11.1 Å². The lowest BCUT2D eigenvalue weighted by Crippen LogP contribution is -2.42. The van der Waals surface area contributed by atoms with E-state index in [4.69, 9.17) is 10.8 Å². The van der Waals surface area contributed by atoms with E-state index in [-0.39, 0.29) is 29.9 Å². The molecule has 0 spiro atoms. The molecule has 1 amide bonds. The Labute approximate surface area is 126 Å². The maximum Gasteiger partial charge on any atom is 0.326 e. The van der Waals surface area contributed by atoms with Gasteiger partial charge in [-0.25, -0.2) is 13.2 Å². The van der Waals surface area contributed by atoms with Gasteiger partial charge in [-0.15, -0.1) is 0 Å². The summed E-state index contributed by atoms with van der Waals surface area (Å²) in [6, 6.07) is -1.18. The molecule has 0 aliphatic rings. The molecule has 0 bridgehead atoms. The van der Waals surface area contributed by atoms with Gasteiger partial charge in [-0.2, -0.15) is 0 Å². The number of aliphatic carboxylic acids is 1. The highest BCUT2D eigenvalue weighted by Crippen LogP contribution is 2.25. The molecule has 0 rings (SSSR count). The second kappa shape index (κ2) is 8.33. The van der Waals surface area contributed by atoms with Crippen LogP contribution in [0.3, 0.4) is 0 Å². The standard InChI is InChI=1S/C13H26N2O5S/c1-13(2,7-8-14)6-4-11(16)15-10(12(17)18)5-9-21(3,19)20/h10H,4-9,14H2,1-3H3,(H,15,16)(H,17,18). The zero-order valence-electron chi connectivity index (χ0n) is 12.9. The molecule has 0 aromatic rings. The normalized spacial score (nSPS) is 13.7. The summed E-state index contributed by atoms with van der Waals surface area (Å²) >= 11 is 0. The SMILES string of the molecule is CC(C)(CCN)CCC(=O)NC(CCS(C)(=O)=O)C(=O)O. The van der Waals surface area contributed by atoms with Gasteiger partial charge in [0.05, 0.1) is 5.75 Å². The topological polar surface area (TPSA) is 127 Å². The van der Waals surface area contributed by atoms with E-state index in [1.165, 1.54) is 0 Å². The van der Waals surface area contributed by atoms with Crippen molar-refractivity contribution in [2.24, 2.45) is 11.1 Å². The van der Waals surface area contributed by atoms with Crippen LogP contribution in [0.15, 0.2) is 0 Å². The smallest absolute Gasteiger partial charge is 0.326 e.